The van der Waals surface area contributed by atoms with Gasteiger partial charge in [-0.2, -0.15) is 0 Å². The van der Waals surface area contributed by atoms with E-state index in [9.17, 15) is 19.2 Å². The maximum Gasteiger partial charge on any atom is 0.408 e. The quantitative estimate of drug-likeness (QED) is 0.0310. The summed E-state index contributed by atoms with van der Waals surface area (Å²) in [6.45, 7) is 9.93. The Hall–Kier alpha value is -2.92. The summed E-state index contributed by atoms with van der Waals surface area (Å²) in [6.07, 6.45) is 21.0. The summed E-state index contributed by atoms with van der Waals surface area (Å²) < 4.78 is 21.9. The molecule has 12 heteroatoms. The zero-order valence-corrected chi connectivity index (χ0v) is 34.1. The van der Waals surface area contributed by atoms with Crippen LogP contribution in [0.5, 0.6) is 0 Å². The van der Waals surface area contributed by atoms with Crippen molar-refractivity contribution in [2.75, 3.05) is 26.4 Å². The summed E-state index contributed by atoms with van der Waals surface area (Å²) in [4.78, 5) is 51.3. The number of unbranched alkanes of at least 4 members (excludes halogenated alkanes) is 17. The van der Waals surface area contributed by atoms with Crippen molar-refractivity contribution in [3.8, 4) is 0 Å². The number of alkyl carbamates (subject to hydrolysis) is 4. The molecule has 0 spiro atoms. The number of amides is 4. The van der Waals surface area contributed by atoms with E-state index < -0.39 is 36.7 Å². The average Bonchev–Trinajstić information content (AvgIpc) is 3.15. The van der Waals surface area contributed by atoms with Crippen LogP contribution in [0.4, 0.5) is 19.2 Å². The van der Waals surface area contributed by atoms with Gasteiger partial charge in [-0.1, -0.05) is 137 Å². The molecule has 1 saturated carbocycles. The lowest BCUT2D eigenvalue weighted by Crippen LogP contribution is -2.56. The molecule has 310 valence electrons. The van der Waals surface area contributed by atoms with Crippen LogP contribution in [-0.4, -0.2) is 63.1 Å². The van der Waals surface area contributed by atoms with Crippen molar-refractivity contribution in [2.24, 2.45) is 11.8 Å². The number of nitrogens with one attached hydrogen (secondary N) is 4. The first-order chi connectivity index (χ1) is 25.8. The first-order valence-electron chi connectivity index (χ1n) is 21.6. The Morgan fingerprint density at radius 2 is 0.585 bits per heavy atom. The Bertz CT molecular complexity index is 932. The Morgan fingerprint density at radius 3 is 0.830 bits per heavy atom. The van der Waals surface area contributed by atoms with Gasteiger partial charge in [-0.15, -0.1) is 0 Å². The van der Waals surface area contributed by atoms with Crippen LogP contribution >= 0.6 is 0 Å². The summed E-state index contributed by atoms with van der Waals surface area (Å²) in [7, 11) is 0. The molecule has 2 unspecified atom stereocenters. The van der Waals surface area contributed by atoms with Crippen molar-refractivity contribution in [1.82, 2.24) is 21.3 Å². The molecule has 12 nitrogen and oxygen atoms in total. The van der Waals surface area contributed by atoms with Gasteiger partial charge in [0.2, 0.25) is 0 Å². The average molecular weight is 755 g/mol. The van der Waals surface area contributed by atoms with Gasteiger partial charge < -0.3 is 40.2 Å². The van der Waals surface area contributed by atoms with E-state index in [4.69, 9.17) is 18.9 Å². The second-order valence-electron chi connectivity index (χ2n) is 14.8. The second-order valence-corrected chi connectivity index (χ2v) is 14.8. The summed E-state index contributed by atoms with van der Waals surface area (Å²) >= 11 is 0. The molecule has 2 atom stereocenters. The van der Waals surface area contributed by atoms with Gasteiger partial charge in [0.25, 0.3) is 0 Å². The Morgan fingerprint density at radius 1 is 0.377 bits per heavy atom. The summed E-state index contributed by atoms with van der Waals surface area (Å²) in [5, 5.41) is 11.5. The molecule has 0 heterocycles. The van der Waals surface area contributed by atoms with E-state index in [1.807, 2.05) is 0 Å². The van der Waals surface area contributed by atoms with Crippen molar-refractivity contribution < 1.29 is 38.1 Å². The zero-order valence-electron chi connectivity index (χ0n) is 34.1. The molecule has 0 aliphatic heterocycles. The molecule has 4 N–H and O–H groups in total. The maximum absolute atomic E-state index is 12.9. The number of carbonyl (C=O) groups excluding carboxylic acids is 4. The molecule has 53 heavy (non-hydrogen) atoms. The van der Waals surface area contributed by atoms with E-state index in [2.05, 4.69) is 49.0 Å². The first-order valence-corrected chi connectivity index (χ1v) is 21.6. The standard InChI is InChI=1S/C41H78N4O8/c1-5-9-13-17-20-24-32-52-40(48)44-36(42-38(46)50-30-22-16-12-8-4)34-26-28-35(29-27-34)37(43-39(47)51-31-23-19-15-11-7-3)45-41(49)53-33-25-21-18-14-10-6-2/h34-37H,5-33H2,1-4H3,(H,42,46)(H,43,47)(H,44,48)(H,45,49). The van der Waals surface area contributed by atoms with E-state index in [0.717, 1.165) is 96.3 Å². The molecular weight excluding hydrogens is 676 g/mol. The number of ether oxygens (including phenoxy) is 4. The van der Waals surface area contributed by atoms with Crippen molar-refractivity contribution >= 4 is 24.4 Å². The van der Waals surface area contributed by atoms with Crippen molar-refractivity contribution in [1.29, 1.82) is 0 Å². The van der Waals surface area contributed by atoms with Crippen LogP contribution in [0.25, 0.3) is 0 Å². The van der Waals surface area contributed by atoms with Gasteiger partial charge >= 0.3 is 24.4 Å². The molecule has 1 fully saturated rings. The van der Waals surface area contributed by atoms with E-state index in [0.29, 0.717) is 52.1 Å². The Kier molecular flexibility index (Phi) is 30.5. The molecule has 0 radical (unpaired) electrons. The highest BCUT2D eigenvalue weighted by Crippen LogP contribution is 2.32. The minimum Gasteiger partial charge on any atom is -0.450 e. The molecule has 4 amide bonds. The first kappa shape index (κ1) is 48.1. The van der Waals surface area contributed by atoms with Crippen LogP contribution in [0.2, 0.25) is 0 Å². The molecule has 0 aromatic carbocycles. The molecular formula is C41H78N4O8. The largest absolute Gasteiger partial charge is 0.450 e. The summed E-state index contributed by atoms with van der Waals surface area (Å²) in [5.41, 5.74) is 0. The fourth-order valence-electron chi connectivity index (χ4n) is 6.69. The molecule has 1 aliphatic carbocycles. The van der Waals surface area contributed by atoms with Crippen LogP contribution in [0.1, 0.15) is 188 Å². The lowest BCUT2D eigenvalue weighted by atomic mass is 9.79. The highest BCUT2D eigenvalue weighted by atomic mass is 16.6. The Labute approximate surface area is 322 Å². The van der Waals surface area contributed by atoms with Crippen LogP contribution < -0.4 is 21.3 Å². The van der Waals surface area contributed by atoms with Crippen LogP contribution in [0.3, 0.4) is 0 Å². The van der Waals surface area contributed by atoms with E-state index >= 15 is 0 Å². The lowest BCUT2D eigenvalue weighted by molar-refractivity contribution is 0.0963. The van der Waals surface area contributed by atoms with Crippen molar-refractivity contribution in [3.63, 3.8) is 0 Å². The summed E-state index contributed by atoms with van der Waals surface area (Å²) in [5.74, 6) is -0.202. The predicted molar refractivity (Wildman–Crippen MR) is 211 cm³/mol. The van der Waals surface area contributed by atoms with Crippen LogP contribution in [-0.2, 0) is 18.9 Å². The molecule has 1 aliphatic rings. The maximum atomic E-state index is 12.9. The van der Waals surface area contributed by atoms with Gasteiger partial charge in [0.1, 0.15) is 12.3 Å². The third kappa shape index (κ3) is 26.5. The number of hydrogen-bond donors (Lipinski definition) is 4. The van der Waals surface area contributed by atoms with Gasteiger partial charge in [-0.25, -0.2) is 19.2 Å². The minimum atomic E-state index is -0.685. The number of carbonyl (C=O) groups is 4. The topological polar surface area (TPSA) is 153 Å². The molecule has 0 bridgehead atoms. The highest BCUT2D eigenvalue weighted by Gasteiger charge is 2.35. The van der Waals surface area contributed by atoms with Gasteiger partial charge in [-0.3, -0.25) is 0 Å². The van der Waals surface area contributed by atoms with E-state index in [1.54, 1.807) is 0 Å². The third-order valence-electron chi connectivity index (χ3n) is 10.0. The zero-order chi connectivity index (χ0) is 38.8. The number of hydrogen-bond acceptors (Lipinski definition) is 8. The highest BCUT2D eigenvalue weighted by molar-refractivity contribution is 5.71. The normalized spacial score (nSPS) is 16.5. The van der Waals surface area contributed by atoms with Crippen LogP contribution in [0, 0.1) is 11.8 Å². The van der Waals surface area contributed by atoms with Gasteiger partial charge in [0.15, 0.2) is 0 Å². The fraction of sp³-hybridized carbons (Fsp3) is 0.902. The SMILES string of the molecule is CCCCCCCCOC(=O)NC(NC(=O)OCCCCCC)C1CCC(C(NC(=O)OCCCCCCC)NC(=O)OCCCCCCCC)CC1. The molecule has 0 aromatic heterocycles. The molecule has 0 saturated heterocycles. The van der Waals surface area contributed by atoms with Gasteiger partial charge in [0, 0.05) is 0 Å². The summed E-state index contributed by atoms with van der Waals surface area (Å²) in [6, 6.07) is 0. The minimum absolute atomic E-state index is 0.101. The smallest absolute Gasteiger partial charge is 0.408 e. The molecule has 0 aromatic rings. The van der Waals surface area contributed by atoms with Gasteiger partial charge in [0.05, 0.1) is 26.4 Å². The Balaban J connectivity index is 2.82. The number of rotatable bonds is 31. The van der Waals surface area contributed by atoms with Crippen molar-refractivity contribution in [3.05, 3.63) is 0 Å². The van der Waals surface area contributed by atoms with Gasteiger partial charge in [-0.05, 0) is 63.2 Å². The second kappa shape index (κ2) is 33.6. The molecule has 1 rings (SSSR count). The lowest BCUT2D eigenvalue weighted by Gasteiger charge is -2.37. The predicted octanol–water partition coefficient (Wildman–Crippen LogP) is 10.6. The van der Waals surface area contributed by atoms with E-state index in [-0.39, 0.29) is 11.8 Å². The fourth-order valence-corrected chi connectivity index (χ4v) is 6.69. The monoisotopic (exact) mass is 755 g/mol. The van der Waals surface area contributed by atoms with Crippen LogP contribution in [0.15, 0.2) is 0 Å². The third-order valence-corrected chi connectivity index (χ3v) is 10.0. The van der Waals surface area contributed by atoms with E-state index in [1.165, 1.54) is 38.5 Å². The van der Waals surface area contributed by atoms with Crippen molar-refractivity contribution in [2.45, 2.75) is 201 Å².